The molecule has 3 nitrogen and oxygen atoms in total. The fourth-order valence-electron chi connectivity index (χ4n) is 2.62. The van der Waals surface area contributed by atoms with E-state index in [2.05, 4.69) is 30.2 Å². The lowest BCUT2D eigenvalue weighted by molar-refractivity contribution is -0.111. The first-order chi connectivity index (χ1) is 11.5. The number of fused-ring (bicyclic) bond motifs is 1. The lowest BCUT2D eigenvalue weighted by Crippen LogP contribution is -2.11. The van der Waals surface area contributed by atoms with E-state index in [-0.39, 0.29) is 5.91 Å². The molecule has 24 heavy (non-hydrogen) atoms. The number of thiazole rings is 1. The summed E-state index contributed by atoms with van der Waals surface area (Å²) in [6.07, 6.45) is 3.32. The Morgan fingerprint density at radius 1 is 1.17 bits per heavy atom. The summed E-state index contributed by atoms with van der Waals surface area (Å²) in [6, 6.07) is 14.1. The molecule has 1 amide bonds. The molecule has 0 saturated heterocycles. The van der Waals surface area contributed by atoms with E-state index < -0.39 is 0 Å². The highest BCUT2D eigenvalue weighted by molar-refractivity contribution is 7.19. The van der Waals surface area contributed by atoms with Crippen molar-refractivity contribution in [3.63, 3.8) is 0 Å². The number of hydrogen-bond donors (Lipinski definition) is 1. The fraction of sp³-hybridized carbons (Fsp3) is 0.200. The van der Waals surface area contributed by atoms with E-state index in [9.17, 15) is 4.79 Å². The molecule has 3 aromatic rings. The first kappa shape index (κ1) is 16.4. The highest BCUT2D eigenvalue weighted by Gasteiger charge is 2.10. The third-order valence-electron chi connectivity index (χ3n) is 3.86. The lowest BCUT2D eigenvalue weighted by atomic mass is 9.98. The van der Waals surface area contributed by atoms with Gasteiger partial charge in [-0.15, -0.1) is 11.3 Å². The number of para-hydroxylation sites is 2. The molecule has 0 bridgehead atoms. The number of nitrogens with one attached hydrogen (secondary N) is 1. The van der Waals surface area contributed by atoms with Crippen LogP contribution in [0, 0.1) is 6.92 Å². The summed E-state index contributed by atoms with van der Waals surface area (Å²) in [7, 11) is 0. The average Bonchev–Trinajstić information content (AvgIpc) is 2.97. The number of carbonyl (C=O) groups excluding carboxylic acids is 1. The Morgan fingerprint density at radius 3 is 2.71 bits per heavy atom. The van der Waals surface area contributed by atoms with Crippen LogP contribution in [-0.4, -0.2) is 10.9 Å². The minimum atomic E-state index is -0.134. The van der Waals surface area contributed by atoms with Crippen molar-refractivity contribution >= 4 is 39.2 Å². The molecule has 0 unspecified atom stereocenters. The summed E-state index contributed by atoms with van der Waals surface area (Å²) in [5, 5.41) is 3.85. The number of aryl methyl sites for hydroxylation is 1. The van der Waals surface area contributed by atoms with Crippen LogP contribution in [0.2, 0.25) is 0 Å². The second-order valence-corrected chi connectivity index (χ2v) is 7.10. The number of rotatable bonds is 4. The van der Waals surface area contributed by atoms with Crippen LogP contribution >= 0.6 is 11.3 Å². The largest absolute Gasteiger partial charge is 0.322 e. The van der Waals surface area contributed by atoms with Gasteiger partial charge >= 0.3 is 0 Å². The summed E-state index contributed by atoms with van der Waals surface area (Å²) >= 11 is 1.58. The Labute approximate surface area is 146 Å². The molecule has 0 aliphatic heterocycles. The summed E-state index contributed by atoms with van der Waals surface area (Å²) in [5.74, 6) is 0.221. The molecule has 3 rings (SSSR count). The minimum absolute atomic E-state index is 0.134. The van der Waals surface area contributed by atoms with Gasteiger partial charge in [0.1, 0.15) is 5.01 Å². The zero-order chi connectivity index (χ0) is 17.1. The molecule has 0 aliphatic rings. The average molecular weight is 336 g/mol. The molecule has 1 heterocycles. The van der Waals surface area contributed by atoms with Crippen molar-refractivity contribution < 1.29 is 4.79 Å². The minimum Gasteiger partial charge on any atom is -0.322 e. The molecule has 0 saturated carbocycles. The van der Waals surface area contributed by atoms with Crippen molar-refractivity contribution in [3.8, 4) is 0 Å². The van der Waals surface area contributed by atoms with E-state index in [0.717, 1.165) is 32.0 Å². The third-order valence-corrected chi connectivity index (χ3v) is 4.86. The second-order valence-electron chi connectivity index (χ2n) is 6.04. The summed E-state index contributed by atoms with van der Waals surface area (Å²) in [5.41, 5.74) is 4.09. The van der Waals surface area contributed by atoms with Crippen LogP contribution in [0.25, 0.3) is 16.3 Å². The third kappa shape index (κ3) is 3.54. The predicted molar refractivity (Wildman–Crippen MR) is 103 cm³/mol. The number of amides is 1. The Balaban J connectivity index is 1.78. The van der Waals surface area contributed by atoms with E-state index >= 15 is 0 Å². The number of nitrogens with zero attached hydrogens (tertiary/aromatic N) is 1. The quantitative estimate of drug-likeness (QED) is 0.650. The van der Waals surface area contributed by atoms with Crippen molar-refractivity contribution in [3.05, 3.63) is 64.7 Å². The Bertz CT molecular complexity index is 876. The number of hydrogen-bond acceptors (Lipinski definition) is 3. The van der Waals surface area contributed by atoms with Gasteiger partial charge in [-0.05, 0) is 42.2 Å². The number of aromatic nitrogens is 1. The van der Waals surface area contributed by atoms with Crippen LogP contribution < -0.4 is 5.32 Å². The zero-order valence-corrected chi connectivity index (χ0v) is 14.9. The molecule has 2 aromatic carbocycles. The fourth-order valence-corrected chi connectivity index (χ4v) is 3.49. The van der Waals surface area contributed by atoms with Gasteiger partial charge < -0.3 is 5.32 Å². The molecule has 1 aromatic heterocycles. The van der Waals surface area contributed by atoms with Crippen molar-refractivity contribution in [2.24, 2.45) is 0 Å². The first-order valence-electron chi connectivity index (χ1n) is 7.99. The summed E-state index contributed by atoms with van der Waals surface area (Å²) in [6.45, 7) is 6.27. The molecule has 0 aliphatic carbocycles. The van der Waals surface area contributed by atoms with Gasteiger partial charge in [0.15, 0.2) is 0 Å². The number of carbonyl (C=O) groups is 1. The van der Waals surface area contributed by atoms with Crippen LogP contribution in [0.15, 0.2) is 48.5 Å². The smallest absolute Gasteiger partial charge is 0.248 e. The number of anilines is 1. The Kier molecular flexibility index (Phi) is 4.76. The lowest BCUT2D eigenvalue weighted by Gasteiger charge is -2.15. The highest BCUT2D eigenvalue weighted by atomic mass is 32.1. The van der Waals surface area contributed by atoms with Gasteiger partial charge in [-0.25, -0.2) is 4.98 Å². The second kappa shape index (κ2) is 6.97. The summed E-state index contributed by atoms with van der Waals surface area (Å²) in [4.78, 5) is 16.8. The van der Waals surface area contributed by atoms with Crippen molar-refractivity contribution in [1.29, 1.82) is 0 Å². The molecule has 1 N–H and O–H groups in total. The monoisotopic (exact) mass is 336 g/mol. The molecule has 4 heteroatoms. The van der Waals surface area contributed by atoms with Crippen molar-refractivity contribution in [1.82, 2.24) is 4.98 Å². The molecule has 0 radical (unpaired) electrons. The Hall–Kier alpha value is -2.46. The molecule has 0 fully saturated rings. The van der Waals surface area contributed by atoms with E-state index in [0.29, 0.717) is 5.92 Å². The van der Waals surface area contributed by atoms with Crippen molar-refractivity contribution in [2.45, 2.75) is 26.7 Å². The standard InChI is InChI=1S/C20H20N2OS/c1-13(2)15-8-6-7-14(3)20(15)22-18(23)11-12-19-21-16-9-4-5-10-17(16)24-19/h4-13H,1-3H3,(H,22,23)/b12-11+. The van der Waals surface area contributed by atoms with Crippen LogP contribution in [0.4, 0.5) is 5.69 Å². The van der Waals surface area contributed by atoms with E-state index in [1.54, 1.807) is 23.5 Å². The topological polar surface area (TPSA) is 42.0 Å². The van der Waals surface area contributed by atoms with Gasteiger partial charge in [-0.2, -0.15) is 0 Å². The van der Waals surface area contributed by atoms with Crippen LogP contribution in [0.1, 0.15) is 35.9 Å². The maximum absolute atomic E-state index is 12.3. The molecular formula is C20H20N2OS. The van der Waals surface area contributed by atoms with Gasteiger partial charge in [-0.1, -0.05) is 44.2 Å². The van der Waals surface area contributed by atoms with E-state index in [4.69, 9.17) is 0 Å². The molecule has 122 valence electrons. The van der Waals surface area contributed by atoms with Crippen molar-refractivity contribution in [2.75, 3.05) is 5.32 Å². The molecule has 0 spiro atoms. The zero-order valence-electron chi connectivity index (χ0n) is 14.0. The molecular weight excluding hydrogens is 316 g/mol. The van der Waals surface area contributed by atoms with E-state index in [1.807, 2.05) is 43.3 Å². The maximum atomic E-state index is 12.3. The van der Waals surface area contributed by atoms with Gasteiger partial charge in [0.05, 0.1) is 10.2 Å². The first-order valence-corrected chi connectivity index (χ1v) is 8.80. The molecule has 0 atom stereocenters. The number of benzene rings is 2. The maximum Gasteiger partial charge on any atom is 0.248 e. The SMILES string of the molecule is Cc1cccc(C(C)C)c1NC(=O)/C=C/c1nc2ccccc2s1. The van der Waals surface area contributed by atoms with Crippen LogP contribution in [-0.2, 0) is 4.79 Å². The van der Waals surface area contributed by atoms with Gasteiger partial charge in [0.25, 0.3) is 0 Å². The summed E-state index contributed by atoms with van der Waals surface area (Å²) < 4.78 is 1.12. The Morgan fingerprint density at radius 2 is 1.96 bits per heavy atom. The normalized spacial score (nSPS) is 11.5. The van der Waals surface area contributed by atoms with E-state index in [1.165, 1.54) is 0 Å². The van der Waals surface area contributed by atoms with Gasteiger partial charge in [-0.3, -0.25) is 4.79 Å². The van der Waals surface area contributed by atoms with Gasteiger partial charge in [0.2, 0.25) is 5.91 Å². The van der Waals surface area contributed by atoms with Gasteiger partial charge in [0, 0.05) is 11.8 Å². The van der Waals surface area contributed by atoms with Crippen LogP contribution in [0.5, 0.6) is 0 Å². The predicted octanol–water partition coefficient (Wildman–Crippen LogP) is 5.38. The highest BCUT2D eigenvalue weighted by Crippen LogP contribution is 2.27. The van der Waals surface area contributed by atoms with Crippen LogP contribution in [0.3, 0.4) is 0 Å².